The molecule has 0 aromatic heterocycles. The molecular weight excluding hydrogens is 340 g/mol. The summed E-state index contributed by atoms with van der Waals surface area (Å²) in [5.41, 5.74) is 4.15. The van der Waals surface area contributed by atoms with E-state index in [2.05, 4.69) is 16.3 Å². The third-order valence-corrected chi connectivity index (χ3v) is 5.19. The van der Waals surface area contributed by atoms with E-state index in [-0.39, 0.29) is 11.9 Å². The van der Waals surface area contributed by atoms with Gasteiger partial charge in [0.2, 0.25) is 0 Å². The molecule has 5 nitrogen and oxygen atoms in total. The molecule has 5 heteroatoms. The summed E-state index contributed by atoms with van der Waals surface area (Å²) in [7, 11) is 1.67. The van der Waals surface area contributed by atoms with E-state index in [9.17, 15) is 4.79 Å². The standard InChI is InChI=1S/C22H28N2O3/c1-16-7-8-19(13-17(16)2)22(25)23-15-21(24-9-11-27-12-10-24)18-5-4-6-20(14-18)26-3/h4-8,13-14,21H,9-12,15H2,1-3H3,(H,23,25)/t21-/m0/s1. The van der Waals surface area contributed by atoms with Crippen molar-refractivity contribution in [2.75, 3.05) is 40.0 Å². The van der Waals surface area contributed by atoms with Gasteiger partial charge in [0, 0.05) is 25.2 Å². The van der Waals surface area contributed by atoms with E-state index in [0.29, 0.717) is 25.3 Å². The lowest BCUT2D eigenvalue weighted by Crippen LogP contribution is -2.43. The Kier molecular flexibility index (Phi) is 6.48. The molecule has 2 aromatic carbocycles. The minimum absolute atomic E-state index is 0.0424. The van der Waals surface area contributed by atoms with Gasteiger partial charge in [-0.25, -0.2) is 0 Å². The van der Waals surface area contributed by atoms with Gasteiger partial charge in [-0.1, -0.05) is 18.2 Å². The molecule has 1 saturated heterocycles. The van der Waals surface area contributed by atoms with Crippen LogP contribution in [0.25, 0.3) is 0 Å². The molecule has 0 saturated carbocycles. The molecule has 1 heterocycles. The first-order valence-corrected chi connectivity index (χ1v) is 9.39. The van der Waals surface area contributed by atoms with Crippen molar-refractivity contribution in [1.82, 2.24) is 10.2 Å². The number of amides is 1. The minimum atomic E-state index is -0.0424. The van der Waals surface area contributed by atoms with E-state index in [4.69, 9.17) is 9.47 Å². The highest BCUT2D eigenvalue weighted by atomic mass is 16.5. The average Bonchev–Trinajstić information content (AvgIpc) is 2.71. The number of hydrogen-bond donors (Lipinski definition) is 1. The molecule has 0 bridgehead atoms. The largest absolute Gasteiger partial charge is 0.497 e. The fourth-order valence-electron chi connectivity index (χ4n) is 3.37. The molecule has 1 aliphatic rings. The zero-order chi connectivity index (χ0) is 19.2. The Morgan fingerprint density at radius 1 is 1.15 bits per heavy atom. The molecule has 0 spiro atoms. The number of carbonyl (C=O) groups is 1. The summed E-state index contributed by atoms with van der Waals surface area (Å²) in [5, 5.41) is 3.12. The average molecular weight is 368 g/mol. The summed E-state index contributed by atoms with van der Waals surface area (Å²) in [6.45, 7) is 7.74. The van der Waals surface area contributed by atoms with Crippen molar-refractivity contribution in [1.29, 1.82) is 0 Å². The molecule has 1 amide bonds. The number of hydrogen-bond acceptors (Lipinski definition) is 4. The van der Waals surface area contributed by atoms with Crippen LogP contribution in [-0.4, -0.2) is 50.8 Å². The van der Waals surface area contributed by atoms with Crippen molar-refractivity contribution in [2.45, 2.75) is 19.9 Å². The second-order valence-corrected chi connectivity index (χ2v) is 6.95. The molecule has 0 aliphatic carbocycles. The number of rotatable bonds is 6. The van der Waals surface area contributed by atoms with Gasteiger partial charge in [-0.2, -0.15) is 0 Å². The van der Waals surface area contributed by atoms with E-state index in [1.807, 2.05) is 50.2 Å². The van der Waals surface area contributed by atoms with Gasteiger partial charge in [-0.15, -0.1) is 0 Å². The molecule has 1 N–H and O–H groups in total. The third kappa shape index (κ3) is 4.87. The van der Waals surface area contributed by atoms with Crippen LogP contribution in [-0.2, 0) is 4.74 Å². The fraction of sp³-hybridized carbons (Fsp3) is 0.409. The minimum Gasteiger partial charge on any atom is -0.497 e. The van der Waals surface area contributed by atoms with Crippen LogP contribution in [0.2, 0.25) is 0 Å². The Morgan fingerprint density at radius 2 is 1.93 bits per heavy atom. The summed E-state index contributed by atoms with van der Waals surface area (Å²) in [4.78, 5) is 15.0. The van der Waals surface area contributed by atoms with Crippen molar-refractivity contribution in [3.05, 3.63) is 64.7 Å². The molecule has 3 rings (SSSR count). The Bertz CT molecular complexity index is 785. The van der Waals surface area contributed by atoms with Gasteiger partial charge in [0.25, 0.3) is 5.91 Å². The van der Waals surface area contributed by atoms with Crippen molar-refractivity contribution >= 4 is 5.91 Å². The molecule has 0 radical (unpaired) electrons. The number of ether oxygens (including phenoxy) is 2. The van der Waals surface area contributed by atoms with Gasteiger partial charge >= 0.3 is 0 Å². The SMILES string of the molecule is COc1cccc([C@H](CNC(=O)c2ccc(C)c(C)c2)N2CCOCC2)c1. The zero-order valence-electron chi connectivity index (χ0n) is 16.3. The molecule has 2 aromatic rings. The molecular formula is C22H28N2O3. The van der Waals surface area contributed by atoms with Crippen LogP contribution in [0.1, 0.15) is 33.1 Å². The summed E-state index contributed by atoms with van der Waals surface area (Å²) >= 11 is 0. The Balaban J connectivity index is 1.76. The summed E-state index contributed by atoms with van der Waals surface area (Å²) in [6, 6.07) is 14.0. The highest BCUT2D eigenvalue weighted by Gasteiger charge is 2.24. The summed E-state index contributed by atoms with van der Waals surface area (Å²) in [5.74, 6) is 0.783. The second kappa shape index (κ2) is 9.02. The smallest absolute Gasteiger partial charge is 0.251 e. The van der Waals surface area contributed by atoms with Crippen molar-refractivity contribution in [3.8, 4) is 5.75 Å². The summed E-state index contributed by atoms with van der Waals surface area (Å²) < 4.78 is 10.9. The predicted molar refractivity (Wildman–Crippen MR) is 106 cm³/mol. The number of nitrogens with one attached hydrogen (secondary N) is 1. The lowest BCUT2D eigenvalue weighted by molar-refractivity contribution is 0.0162. The van der Waals surface area contributed by atoms with Crippen LogP contribution < -0.4 is 10.1 Å². The van der Waals surface area contributed by atoms with Gasteiger partial charge in [-0.3, -0.25) is 9.69 Å². The second-order valence-electron chi connectivity index (χ2n) is 6.95. The third-order valence-electron chi connectivity index (χ3n) is 5.19. The molecule has 27 heavy (non-hydrogen) atoms. The number of aryl methyl sites for hydroxylation is 2. The molecule has 144 valence electrons. The van der Waals surface area contributed by atoms with Crippen molar-refractivity contribution in [2.24, 2.45) is 0 Å². The maximum Gasteiger partial charge on any atom is 0.251 e. The first-order valence-electron chi connectivity index (χ1n) is 9.39. The maximum atomic E-state index is 12.7. The zero-order valence-corrected chi connectivity index (χ0v) is 16.3. The van der Waals surface area contributed by atoms with Crippen LogP contribution in [0.4, 0.5) is 0 Å². The van der Waals surface area contributed by atoms with E-state index in [0.717, 1.165) is 30.0 Å². The van der Waals surface area contributed by atoms with Gasteiger partial charge < -0.3 is 14.8 Å². The quantitative estimate of drug-likeness (QED) is 0.851. The van der Waals surface area contributed by atoms with Gasteiger partial charge in [0.1, 0.15) is 5.75 Å². The number of carbonyl (C=O) groups excluding carboxylic acids is 1. The monoisotopic (exact) mass is 368 g/mol. The maximum absolute atomic E-state index is 12.7. The highest BCUT2D eigenvalue weighted by Crippen LogP contribution is 2.25. The molecule has 1 fully saturated rings. The number of methoxy groups -OCH3 is 1. The van der Waals surface area contributed by atoms with Crippen molar-refractivity contribution in [3.63, 3.8) is 0 Å². The fourth-order valence-corrected chi connectivity index (χ4v) is 3.37. The van der Waals surface area contributed by atoms with Crippen LogP contribution in [0.5, 0.6) is 5.75 Å². The first-order chi connectivity index (χ1) is 13.1. The highest BCUT2D eigenvalue weighted by molar-refractivity contribution is 5.94. The Hall–Kier alpha value is -2.37. The van der Waals surface area contributed by atoms with Crippen molar-refractivity contribution < 1.29 is 14.3 Å². The number of benzene rings is 2. The Labute approximate surface area is 161 Å². The van der Waals surface area contributed by atoms with Crippen LogP contribution in [0, 0.1) is 13.8 Å². The van der Waals surface area contributed by atoms with Gasteiger partial charge in [0.15, 0.2) is 0 Å². The molecule has 1 aliphatic heterocycles. The van der Waals surface area contributed by atoms with Gasteiger partial charge in [0.05, 0.1) is 26.4 Å². The Morgan fingerprint density at radius 3 is 2.63 bits per heavy atom. The van der Waals surface area contributed by atoms with Gasteiger partial charge in [-0.05, 0) is 54.8 Å². The summed E-state index contributed by atoms with van der Waals surface area (Å²) in [6.07, 6.45) is 0. The van der Waals surface area contributed by atoms with E-state index >= 15 is 0 Å². The molecule has 0 unspecified atom stereocenters. The normalized spacial score (nSPS) is 16.0. The van der Waals surface area contributed by atoms with Crippen LogP contribution in [0.15, 0.2) is 42.5 Å². The first kappa shape index (κ1) is 19.4. The van der Waals surface area contributed by atoms with Crippen LogP contribution in [0.3, 0.4) is 0 Å². The van der Waals surface area contributed by atoms with E-state index < -0.39 is 0 Å². The van der Waals surface area contributed by atoms with Crippen LogP contribution >= 0.6 is 0 Å². The predicted octanol–water partition coefficient (Wildman–Crippen LogP) is 3.12. The topological polar surface area (TPSA) is 50.8 Å². The number of morpholine rings is 1. The van der Waals surface area contributed by atoms with E-state index in [1.165, 1.54) is 5.56 Å². The lowest BCUT2D eigenvalue weighted by Gasteiger charge is -2.35. The molecule has 1 atom stereocenters. The van der Waals surface area contributed by atoms with E-state index in [1.54, 1.807) is 7.11 Å². The number of nitrogens with zero attached hydrogens (tertiary/aromatic N) is 1. The lowest BCUT2D eigenvalue weighted by atomic mass is 10.0.